The van der Waals surface area contributed by atoms with Gasteiger partial charge in [0.15, 0.2) is 15.9 Å². The summed E-state index contributed by atoms with van der Waals surface area (Å²) in [6.07, 6.45) is -0.489. The summed E-state index contributed by atoms with van der Waals surface area (Å²) in [5.41, 5.74) is 2.27. The van der Waals surface area contributed by atoms with Gasteiger partial charge in [0.25, 0.3) is 5.91 Å². The SMILES string of the molecule is Cc1cc(O[C@H](C)C(=O)N(Cc2cccc(F)c2)[C@@H]2CCS(=O)(=O)C2)cc(C)c1Cl. The molecule has 0 spiro atoms. The van der Waals surface area contributed by atoms with Crippen LogP contribution in [0.1, 0.15) is 30.0 Å². The highest BCUT2D eigenvalue weighted by Gasteiger charge is 2.36. The number of carbonyl (C=O) groups excluding carboxylic acids is 1. The summed E-state index contributed by atoms with van der Waals surface area (Å²) < 4.78 is 43.5. The zero-order chi connectivity index (χ0) is 22.1. The molecule has 0 N–H and O–H groups in total. The Morgan fingerprint density at radius 3 is 2.50 bits per heavy atom. The standard InChI is InChI=1S/C22H25ClFNO4S/c1-14-9-20(10-15(2)21(14)23)29-16(3)22(26)25(19-7-8-30(27,28)13-19)12-17-5-4-6-18(24)11-17/h4-6,9-11,16,19H,7-8,12-13H2,1-3H3/t16-,19-/m1/s1. The van der Waals surface area contributed by atoms with E-state index in [1.165, 1.54) is 17.0 Å². The molecule has 8 heteroatoms. The summed E-state index contributed by atoms with van der Waals surface area (Å²) in [4.78, 5) is 14.8. The lowest BCUT2D eigenvalue weighted by Crippen LogP contribution is -2.46. The highest BCUT2D eigenvalue weighted by molar-refractivity contribution is 7.91. The first-order valence-corrected chi connectivity index (χ1v) is 11.9. The summed E-state index contributed by atoms with van der Waals surface area (Å²) in [6, 6.07) is 9.01. The van der Waals surface area contributed by atoms with Gasteiger partial charge in [-0.2, -0.15) is 0 Å². The van der Waals surface area contributed by atoms with Crippen LogP contribution in [0, 0.1) is 19.7 Å². The predicted molar refractivity (Wildman–Crippen MR) is 115 cm³/mol. The van der Waals surface area contributed by atoms with Gasteiger partial charge < -0.3 is 9.64 Å². The van der Waals surface area contributed by atoms with Gasteiger partial charge in [-0.15, -0.1) is 0 Å². The molecule has 2 aromatic carbocycles. The molecule has 1 heterocycles. The first kappa shape index (κ1) is 22.6. The van der Waals surface area contributed by atoms with E-state index in [4.69, 9.17) is 16.3 Å². The molecule has 1 aliphatic heterocycles. The maximum Gasteiger partial charge on any atom is 0.263 e. The number of benzene rings is 2. The van der Waals surface area contributed by atoms with Crippen molar-refractivity contribution in [2.75, 3.05) is 11.5 Å². The van der Waals surface area contributed by atoms with Crippen molar-refractivity contribution >= 4 is 27.3 Å². The second-order valence-electron chi connectivity index (χ2n) is 7.78. The van der Waals surface area contributed by atoms with Gasteiger partial charge in [-0.05, 0) is 68.1 Å². The van der Waals surface area contributed by atoms with Crippen molar-refractivity contribution in [3.63, 3.8) is 0 Å². The van der Waals surface area contributed by atoms with Crippen molar-refractivity contribution in [3.05, 3.63) is 63.9 Å². The zero-order valence-electron chi connectivity index (χ0n) is 17.2. The number of amides is 1. The molecule has 1 fully saturated rings. The number of hydrogen-bond donors (Lipinski definition) is 0. The molecule has 2 aromatic rings. The smallest absolute Gasteiger partial charge is 0.263 e. The van der Waals surface area contributed by atoms with Crippen LogP contribution in [0.5, 0.6) is 5.75 Å². The highest BCUT2D eigenvalue weighted by Crippen LogP contribution is 2.27. The third kappa shape index (κ3) is 5.32. The molecule has 162 valence electrons. The Hall–Kier alpha value is -2.12. The monoisotopic (exact) mass is 453 g/mol. The average Bonchev–Trinajstić information content (AvgIpc) is 3.03. The normalized spacial score (nSPS) is 18.8. The van der Waals surface area contributed by atoms with Gasteiger partial charge in [0, 0.05) is 17.6 Å². The molecule has 5 nitrogen and oxygen atoms in total. The van der Waals surface area contributed by atoms with Crippen LogP contribution in [0.2, 0.25) is 5.02 Å². The zero-order valence-corrected chi connectivity index (χ0v) is 18.8. The Labute approximate surface area is 181 Å². The molecule has 0 unspecified atom stereocenters. The summed E-state index contributed by atoms with van der Waals surface area (Å²) in [7, 11) is -3.20. The minimum Gasteiger partial charge on any atom is -0.481 e. The minimum absolute atomic E-state index is 0.0371. The molecule has 2 atom stereocenters. The fourth-order valence-corrected chi connectivity index (χ4v) is 5.54. The molecule has 0 saturated carbocycles. The number of ether oxygens (including phenoxy) is 1. The topological polar surface area (TPSA) is 63.7 Å². The fraction of sp³-hybridized carbons (Fsp3) is 0.409. The van der Waals surface area contributed by atoms with Crippen LogP contribution in [-0.4, -0.2) is 42.9 Å². The molecule has 1 saturated heterocycles. The number of sulfone groups is 1. The largest absolute Gasteiger partial charge is 0.481 e. The second kappa shape index (κ2) is 8.94. The number of halogens is 2. The molecular weight excluding hydrogens is 429 g/mol. The van der Waals surface area contributed by atoms with E-state index in [0.29, 0.717) is 22.8 Å². The number of nitrogens with zero attached hydrogens (tertiary/aromatic N) is 1. The molecule has 0 aromatic heterocycles. The van der Waals surface area contributed by atoms with Crippen molar-refractivity contribution in [3.8, 4) is 5.75 Å². The molecule has 0 bridgehead atoms. The minimum atomic E-state index is -3.20. The number of carbonyl (C=O) groups is 1. The lowest BCUT2D eigenvalue weighted by atomic mass is 10.1. The molecule has 0 aliphatic carbocycles. The predicted octanol–water partition coefficient (Wildman–Crippen LogP) is 4.08. The van der Waals surface area contributed by atoms with Gasteiger partial charge in [0.05, 0.1) is 11.5 Å². The Balaban J connectivity index is 1.83. The summed E-state index contributed by atoms with van der Waals surface area (Å²) in [6.45, 7) is 5.45. The maximum absolute atomic E-state index is 13.6. The first-order chi connectivity index (χ1) is 14.1. The highest BCUT2D eigenvalue weighted by atomic mass is 35.5. The van der Waals surface area contributed by atoms with Crippen LogP contribution in [0.3, 0.4) is 0 Å². The molecule has 30 heavy (non-hydrogen) atoms. The Bertz CT molecular complexity index is 1030. The van der Waals surface area contributed by atoms with Crippen LogP contribution in [0.4, 0.5) is 4.39 Å². The van der Waals surface area contributed by atoms with E-state index in [2.05, 4.69) is 0 Å². The van der Waals surface area contributed by atoms with Crippen molar-refractivity contribution in [2.45, 2.75) is 45.9 Å². The van der Waals surface area contributed by atoms with Gasteiger partial charge in [-0.3, -0.25) is 4.79 Å². The number of hydrogen-bond acceptors (Lipinski definition) is 4. The van der Waals surface area contributed by atoms with Crippen LogP contribution < -0.4 is 4.74 Å². The van der Waals surface area contributed by atoms with Crippen LogP contribution in [-0.2, 0) is 21.2 Å². The second-order valence-corrected chi connectivity index (χ2v) is 10.4. The van der Waals surface area contributed by atoms with E-state index >= 15 is 0 Å². The van der Waals surface area contributed by atoms with E-state index in [-0.39, 0.29) is 24.0 Å². The summed E-state index contributed by atoms with van der Waals surface area (Å²) in [5.74, 6) is -0.294. The summed E-state index contributed by atoms with van der Waals surface area (Å²) in [5, 5.41) is 0.644. The molecule has 1 amide bonds. The summed E-state index contributed by atoms with van der Waals surface area (Å²) >= 11 is 6.20. The lowest BCUT2D eigenvalue weighted by molar-refractivity contribution is -0.140. The van der Waals surface area contributed by atoms with Crippen LogP contribution >= 0.6 is 11.6 Å². The quantitative estimate of drug-likeness (QED) is 0.661. The molecule has 3 rings (SSSR count). The van der Waals surface area contributed by atoms with Crippen molar-refractivity contribution in [1.29, 1.82) is 0 Å². The fourth-order valence-electron chi connectivity index (χ4n) is 3.70. The molecule has 0 radical (unpaired) electrons. The van der Waals surface area contributed by atoms with Gasteiger partial charge >= 0.3 is 0 Å². The number of rotatable bonds is 6. The maximum atomic E-state index is 13.6. The van der Waals surface area contributed by atoms with Gasteiger partial charge in [-0.1, -0.05) is 23.7 Å². The average molecular weight is 454 g/mol. The Morgan fingerprint density at radius 1 is 1.27 bits per heavy atom. The molecule has 1 aliphatic rings. The van der Waals surface area contributed by atoms with Crippen LogP contribution in [0.25, 0.3) is 0 Å². The van der Waals surface area contributed by atoms with Gasteiger partial charge in [0.1, 0.15) is 11.6 Å². The van der Waals surface area contributed by atoms with Crippen molar-refractivity contribution in [2.24, 2.45) is 0 Å². The third-order valence-electron chi connectivity index (χ3n) is 5.24. The van der Waals surface area contributed by atoms with Crippen LogP contribution in [0.15, 0.2) is 36.4 Å². The Kier molecular flexibility index (Phi) is 6.72. The Morgan fingerprint density at radius 2 is 1.93 bits per heavy atom. The molecular formula is C22H25ClFNO4S. The van der Waals surface area contributed by atoms with E-state index in [1.807, 2.05) is 13.8 Å². The van der Waals surface area contributed by atoms with Gasteiger partial charge in [-0.25, -0.2) is 12.8 Å². The van der Waals surface area contributed by atoms with E-state index < -0.39 is 27.8 Å². The van der Waals surface area contributed by atoms with Gasteiger partial charge in [0.2, 0.25) is 0 Å². The lowest BCUT2D eigenvalue weighted by Gasteiger charge is -2.31. The van der Waals surface area contributed by atoms with E-state index in [9.17, 15) is 17.6 Å². The van der Waals surface area contributed by atoms with E-state index in [0.717, 1.165) is 11.1 Å². The third-order valence-corrected chi connectivity index (χ3v) is 7.59. The number of aryl methyl sites for hydroxylation is 2. The van der Waals surface area contributed by atoms with Crippen molar-refractivity contribution in [1.82, 2.24) is 4.90 Å². The van der Waals surface area contributed by atoms with E-state index in [1.54, 1.807) is 31.2 Å². The van der Waals surface area contributed by atoms with Crippen molar-refractivity contribution < 1.29 is 22.3 Å². The first-order valence-electron chi connectivity index (χ1n) is 9.74.